The predicted octanol–water partition coefficient (Wildman–Crippen LogP) is 0.802. The number of aromatic amines is 1. The molecule has 2 N–H and O–H groups in total. The fraction of sp³-hybridized carbons (Fsp3) is 0.200. The van der Waals surface area contributed by atoms with Gasteiger partial charge in [-0.1, -0.05) is 0 Å². The first-order valence-corrected chi connectivity index (χ1v) is 4.69. The summed E-state index contributed by atoms with van der Waals surface area (Å²) in [6, 6.07) is 0. The van der Waals surface area contributed by atoms with E-state index in [2.05, 4.69) is 20.2 Å². The van der Waals surface area contributed by atoms with Crippen LogP contribution in [0.15, 0.2) is 18.7 Å². The average Bonchev–Trinajstić information content (AvgIpc) is 2.66. The number of hydrogen-bond acceptors (Lipinski definition) is 4. The molecule has 0 amide bonds. The standard InChI is InChI=1S/C10H10N4O2/c1-6-8(4-11-5-12-6)10-7(2-9(15)16)3-13-14-10/h3-5H,2H2,1H3,(H,13,14)(H,15,16). The maximum absolute atomic E-state index is 10.7. The second kappa shape index (κ2) is 4.09. The largest absolute Gasteiger partial charge is 0.481 e. The first-order chi connectivity index (χ1) is 7.68. The number of aryl methyl sites for hydroxylation is 1. The number of carboxylic acids is 1. The van der Waals surface area contributed by atoms with Crippen LogP contribution < -0.4 is 0 Å². The van der Waals surface area contributed by atoms with E-state index < -0.39 is 5.97 Å². The molecule has 0 aliphatic carbocycles. The minimum atomic E-state index is -0.892. The molecule has 0 aliphatic heterocycles. The van der Waals surface area contributed by atoms with E-state index >= 15 is 0 Å². The van der Waals surface area contributed by atoms with Gasteiger partial charge in [0.2, 0.25) is 0 Å². The van der Waals surface area contributed by atoms with Crippen LogP contribution in [0.1, 0.15) is 11.3 Å². The SMILES string of the molecule is Cc1ncncc1-c1[nH]ncc1CC(=O)O. The van der Waals surface area contributed by atoms with Gasteiger partial charge in [0.1, 0.15) is 6.33 Å². The van der Waals surface area contributed by atoms with Crippen LogP contribution in [0.4, 0.5) is 0 Å². The van der Waals surface area contributed by atoms with Crippen molar-refractivity contribution in [1.82, 2.24) is 20.2 Å². The van der Waals surface area contributed by atoms with Crippen molar-refractivity contribution in [1.29, 1.82) is 0 Å². The molecule has 0 saturated carbocycles. The zero-order chi connectivity index (χ0) is 11.5. The summed E-state index contributed by atoms with van der Waals surface area (Å²) in [6.07, 6.45) is 4.53. The van der Waals surface area contributed by atoms with E-state index in [1.54, 1.807) is 6.20 Å². The molecule has 0 radical (unpaired) electrons. The number of H-pyrrole nitrogens is 1. The molecule has 6 heteroatoms. The summed E-state index contributed by atoms with van der Waals surface area (Å²) in [5.41, 5.74) is 2.85. The molecule has 0 aromatic carbocycles. The summed E-state index contributed by atoms with van der Waals surface area (Å²) in [6.45, 7) is 1.84. The Labute approximate surface area is 91.4 Å². The lowest BCUT2D eigenvalue weighted by molar-refractivity contribution is -0.136. The second-order valence-corrected chi connectivity index (χ2v) is 3.36. The summed E-state index contributed by atoms with van der Waals surface area (Å²) in [5.74, 6) is -0.892. The molecule has 6 nitrogen and oxygen atoms in total. The maximum Gasteiger partial charge on any atom is 0.307 e. The van der Waals surface area contributed by atoms with Gasteiger partial charge in [-0.25, -0.2) is 9.97 Å². The topological polar surface area (TPSA) is 91.8 Å². The van der Waals surface area contributed by atoms with Crippen molar-refractivity contribution >= 4 is 5.97 Å². The van der Waals surface area contributed by atoms with Crippen molar-refractivity contribution < 1.29 is 9.90 Å². The van der Waals surface area contributed by atoms with Crippen molar-refractivity contribution in [3.8, 4) is 11.3 Å². The minimum Gasteiger partial charge on any atom is -0.481 e. The van der Waals surface area contributed by atoms with Gasteiger partial charge >= 0.3 is 5.97 Å². The highest BCUT2D eigenvalue weighted by molar-refractivity contribution is 5.75. The van der Waals surface area contributed by atoms with E-state index in [-0.39, 0.29) is 6.42 Å². The molecular formula is C10H10N4O2. The molecule has 0 bridgehead atoms. The Kier molecular flexibility index (Phi) is 2.63. The van der Waals surface area contributed by atoms with Gasteiger partial charge < -0.3 is 5.11 Å². The number of carbonyl (C=O) groups is 1. The van der Waals surface area contributed by atoms with Gasteiger partial charge in [0.25, 0.3) is 0 Å². The van der Waals surface area contributed by atoms with Crippen molar-refractivity contribution in [3.05, 3.63) is 30.0 Å². The molecular weight excluding hydrogens is 208 g/mol. The third-order valence-corrected chi connectivity index (χ3v) is 2.24. The third-order valence-electron chi connectivity index (χ3n) is 2.24. The molecule has 0 spiro atoms. The fourth-order valence-corrected chi connectivity index (χ4v) is 1.48. The predicted molar refractivity (Wildman–Crippen MR) is 55.7 cm³/mol. The molecule has 0 aliphatic rings. The van der Waals surface area contributed by atoms with E-state index in [1.165, 1.54) is 12.5 Å². The van der Waals surface area contributed by atoms with Gasteiger partial charge in [-0.2, -0.15) is 5.10 Å². The zero-order valence-electron chi connectivity index (χ0n) is 8.64. The van der Waals surface area contributed by atoms with Crippen LogP contribution >= 0.6 is 0 Å². The average molecular weight is 218 g/mol. The number of nitrogens with one attached hydrogen (secondary N) is 1. The molecule has 0 unspecified atom stereocenters. The smallest absolute Gasteiger partial charge is 0.307 e. The molecule has 16 heavy (non-hydrogen) atoms. The summed E-state index contributed by atoms with van der Waals surface area (Å²) in [4.78, 5) is 18.6. The molecule has 0 atom stereocenters. The summed E-state index contributed by atoms with van der Waals surface area (Å²) in [7, 11) is 0. The van der Waals surface area contributed by atoms with E-state index in [0.29, 0.717) is 11.3 Å². The first kappa shape index (κ1) is 10.3. The third kappa shape index (κ3) is 1.90. The number of aromatic nitrogens is 4. The van der Waals surface area contributed by atoms with Crippen LogP contribution in [0, 0.1) is 6.92 Å². The highest BCUT2D eigenvalue weighted by Gasteiger charge is 2.13. The lowest BCUT2D eigenvalue weighted by Gasteiger charge is -2.03. The van der Waals surface area contributed by atoms with Crippen LogP contribution in [-0.4, -0.2) is 31.2 Å². The Balaban J connectivity index is 2.45. The lowest BCUT2D eigenvalue weighted by Crippen LogP contribution is -2.01. The summed E-state index contributed by atoms with van der Waals surface area (Å²) in [5, 5.41) is 15.4. The number of carboxylic acid groups (broad SMARTS) is 1. The van der Waals surface area contributed by atoms with Crippen LogP contribution in [0.5, 0.6) is 0 Å². The van der Waals surface area contributed by atoms with E-state index in [1.807, 2.05) is 6.92 Å². The Morgan fingerprint density at radius 2 is 2.31 bits per heavy atom. The number of rotatable bonds is 3. The monoisotopic (exact) mass is 218 g/mol. The van der Waals surface area contributed by atoms with Crippen LogP contribution in [0.25, 0.3) is 11.3 Å². The first-order valence-electron chi connectivity index (χ1n) is 4.69. The molecule has 2 heterocycles. The van der Waals surface area contributed by atoms with Gasteiger partial charge in [0, 0.05) is 17.3 Å². The minimum absolute atomic E-state index is 0.0693. The van der Waals surface area contributed by atoms with Gasteiger partial charge in [0.15, 0.2) is 0 Å². The molecule has 2 aromatic rings. The number of hydrogen-bond donors (Lipinski definition) is 2. The van der Waals surface area contributed by atoms with Gasteiger partial charge in [-0.05, 0) is 6.92 Å². The van der Waals surface area contributed by atoms with Crippen molar-refractivity contribution in [2.45, 2.75) is 13.3 Å². The molecule has 82 valence electrons. The highest BCUT2D eigenvalue weighted by Crippen LogP contribution is 2.22. The van der Waals surface area contributed by atoms with Crippen molar-refractivity contribution in [2.75, 3.05) is 0 Å². The maximum atomic E-state index is 10.7. The molecule has 0 saturated heterocycles. The van der Waals surface area contributed by atoms with E-state index in [4.69, 9.17) is 5.11 Å². The number of nitrogens with zero attached hydrogens (tertiary/aromatic N) is 3. The van der Waals surface area contributed by atoms with Gasteiger partial charge in [-0.3, -0.25) is 9.89 Å². The molecule has 2 rings (SSSR count). The molecule has 2 aromatic heterocycles. The van der Waals surface area contributed by atoms with E-state index in [0.717, 1.165) is 11.3 Å². The Bertz CT molecular complexity index is 521. The van der Waals surface area contributed by atoms with Crippen LogP contribution in [-0.2, 0) is 11.2 Å². The highest BCUT2D eigenvalue weighted by atomic mass is 16.4. The normalized spacial score (nSPS) is 10.3. The number of aliphatic carboxylic acids is 1. The Hall–Kier alpha value is -2.24. The van der Waals surface area contributed by atoms with Crippen molar-refractivity contribution in [3.63, 3.8) is 0 Å². The zero-order valence-corrected chi connectivity index (χ0v) is 8.64. The lowest BCUT2D eigenvalue weighted by atomic mass is 10.1. The van der Waals surface area contributed by atoms with Crippen molar-refractivity contribution in [2.24, 2.45) is 0 Å². The van der Waals surface area contributed by atoms with Crippen LogP contribution in [0.3, 0.4) is 0 Å². The second-order valence-electron chi connectivity index (χ2n) is 3.36. The summed E-state index contributed by atoms with van der Waals surface area (Å²) < 4.78 is 0. The fourth-order valence-electron chi connectivity index (χ4n) is 1.48. The van der Waals surface area contributed by atoms with Crippen LogP contribution in [0.2, 0.25) is 0 Å². The quantitative estimate of drug-likeness (QED) is 0.795. The van der Waals surface area contributed by atoms with Gasteiger partial charge in [-0.15, -0.1) is 0 Å². The molecule has 0 fully saturated rings. The Morgan fingerprint density at radius 3 is 3.00 bits per heavy atom. The Morgan fingerprint density at radius 1 is 1.50 bits per heavy atom. The van der Waals surface area contributed by atoms with E-state index in [9.17, 15) is 4.79 Å². The van der Waals surface area contributed by atoms with Gasteiger partial charge in [0.05, 0.1) is 24.0 Å². The summed E-state index contributed by atoms with van der Waals surface area (Å²) >= 11 is 0.